The van der Waals surface area contributed by atoms with Crippen LogP contribution in [0.4, 0.5) is 5.69 Å². The summed E-state index contributed by atoms with van der Waals surface area (Å²) in [5, 5.41) is 2.74. The summed E-state index contributed by atoms with van der Waals surface area (Å²) in [7, 11) is 0. The molecule has 0 aliphatic carbocycles. The number of hydrogen-bond acceptors (Lipinski definition) is 7. The summed E-state index contributed by atoms with van der Waals surface area (Å²) in [6.07, 6.45) is 0.345. The summed E-state index contributed by atoms with van der Waals surface area (Å²) in [5.74, 6) is -2.14. The molecule has 0 saturated heterocycles. The average molecular weight is 488 g/mol. The van der Waals surface area contributed by atoms with E-state index >= 15 is 0 Å². The van der Waals surface area contributed by atoms with Crippen LogP contribution in [0.15, 0.2) is 65.3 Å². The topological polar surface area (TPSA) is 123 Å². The number of nitrogens with zero attached hydrogens (tertiary/aromatic N) is 1. The summed E-state index contributed by atoms with van der Waals surface area (Å²) in [4.78, 5) is 63.7. The highest BCUT2D eigenvalue weighted by atomic mass is 16.5. The molecule has 0 fully saturated rings. The molecule has 9 heteroatoms. The van der Waals surface area contributed by atoms with E-state index in [4.69, 9.17) is 9.15 Å². The first-order valence-corrected chi connectivity index (χ1v) is 11.3. The minimum atomic E-state index is -1.10. The monoisotopic (exact) mass is 488 g/mol. The molecule has 36 heavy (non-hydrogen) atoms. The van der Waals surface area contributed by atoms with Crippen molar-refractivity contribution >= 4 is 35.2 Å². The van der Waals surface area contributed by atoms with Crippen LogP contribution in [-0.2, 0) is 16.1 Å². The van der Waals surface area contributed by atoms with Crippen molar-refractivity contribution in [2.45, 2.75) is 33.4 Å². The molecule has 4 rings (SSSR count). The number of esters is 1. The molecule has 2 aromatic carbocycles. The van der Waals surface area contributed by atoms with Gasteiger partial charge in [0.15, 0.2) is 6.10 Å². The Balaban J connectivity index is 1.42. The van der Waals surface area contributed by atoms with Gasteiger partial charge < -0.3 is 14.5 Å². The van der Waals surface area contributed by atoms with E-state index in [9.17, 15) is 24.0 Å². The number of anilines is 1. The minimum absolute atomic E-state index is 0.0232. The van der Waals surface area contributed by atoms with Gasteiger partial charge in [0.05, 0.1) is 29.5 Å². The molecule has 3 aromatic rings. The van der Waals surface area contributed by atoms with Gasteiger partial charge in [0.1, 0.15) is 5.76 Å². The number of hydrogen-bond donors (Lipinski definition) is 1. The van der Waals surface area contributed by atoms with Crippen molar-refractivity contribution in [3.05, 3.63) is 88.9 Å². The molecule has 1 aliphatic rings. The van der Waals surface area contributed by atoms with Crippen molar-refractivity contribution in [2.75, 3.05) is 5.32 Å². The molecular weight excluding hydrogens is 464 g/mol. The molecule has 0 bridgehead atoms. The van der Waals surface area contributed by atoms with Crippen molar-refractivity contribution in [3.63, 3.8) is 0 Å². The van der Waals surface area contributed by atoms with E-state index in [2.05, 4.69) is 5.32 Å². The maximum absolute atomic E-state index is 12.8. The number of furan rings is 1. The number of carbonyl (C=O) groups excluding carboxylic acids is 5. The lowest BCUT2D eigenvalue weighted by Crippen LogP contribution is -2.28. The Bertz CT molecular complexity index is 1340. The highest BCUT2D eigenvalue weighted by Crippen LogP contribution is 2.26. The molecule has 0 spiro atoms. The first-order valence-electron chi connectivity index (χ1n) is 11.3. The highest BCUT2D eigenvalue weighted by Gasteiger charge is 2.36. The summed E-state index contributed by atoms with van der Waals surface area (Å²) in [5.41, 5.74) is 1.16. The molecule has 2 heterocycles. The van der Waals surface area contributed by atoms with Crippen LogP contribution >= 0.6 is 0 Å². The fourth-order valence-electron chi connectivity index (χ4n) is 3.64. The molecule has 0 radical (unpaired) electrons. The van der Waals surface area contributed by atoms with Crippen molar-refractivity contribution in [1.29, 1.82) is 0 Å². The van der Waals surface area contributed by atoms with Gasteiger partial charge in [-0.15, -0.1) is 0 Å². The van der Waals surface area contributed by atoms with Crippen LogP contribution in [0.2, 0.25) is 0 Å². The number of ether oxygens (including phenoxy) is 1. The Kier molecular flexibility index (Phi) is 6.82. The summed E-state index contributed by atoms with van der Waals surface area (Å²) >= 11 is 0. The van der Waals surface area contributed by atoms with E-state index in [1.165, 1.54) is 43.5 Å². The molecule has 1 atom stereocenters. The Labute approximate surface area is 207 Å². The number of imide groups is 1. The Morgan fingerprint density at radius 2 is 1.58 bits per heavy atom. The van der Waals surface area contributed by atoms with Crippen LogP contribution in [0.1, 0.15) is 68.0 Å². The molecule has 1 aromatic heterocycles. The van der Waals surface area contributed by atoms with Gasteiger partial charge in [-0.25, -0.2) is 4.79 Å². The van der Waals surface area contributed by atoms with Crippen LogP contribution < -0.4 is 5.32 Å². The minimum Gasteiger partial charge on any atom is -0.467 e. The van der Waals surface area contributed by atoms with Crippen molar-refractivity contribution < 1.29 is 33.1 Å². The normalized spacial score (nSPS) is 13.5. The van der Waals surface area contributed by atoms with Crippen LogP contribution in [0, 0.1) is 5.92 Å². The highest BCUT2D eigenvalue weighted by molar-refractivity contribution is 6.21. The largest absolute Gasteiger partial charge is 0.467 e. The van der Waals surface area contributed by atoms with Crippen molar-refractivity contribution in [3.8, 4) is 0 Å². The maximum Gasteiger partial charge on any atom is 0.338 e. The molecule has 1 unspecified atom stereocenters. The fourth-order valence-corrected chi connectivity index (χ4v) is 3.64. The zero-order valence-electron chi connectivity index (χ0n) is 19.9. The molecule has 9 nitrogen and oxygen atoms in total. The third-order valence-corrected chi connectivity index (χ3v) is 5.71. The third kappa shape index (κ3) is 4.95. The summed E-state index contributed by atoms with van der Waals surface area (Å²) in [6.45, 7) is 4.97. The Hall–Kier alpha value is -4.53. The summed E-state index contributed by atoms with van der Waals surface area (Å²) in [6, 6.07) is 13.6. The van der Waals surface area contributed by atoms with Crippen molar-refractivity contribution in [1.82, 2.24) is 4.90 Å². The van der Waals surface area contributed by atoms with Gasteiger partial charge in [-0.3, -0.25) is 24.1 Å². The second kappa shape index (κ2) is 9.99. The average Bonchev–Trinajstić information content (AvgIpc) is 3.46. The lowest BCUT2D eigenvalue weighted by molar-refractivity contribution is -0.118. The van der Waals surface area contributed by atoms with Crippen LogP contribution in [-0.4, -0.2) is 40.5 Å². The molecular formula is C27H24N2O7. The van der Waals surface area contributed by atoms with E-state index < -0.39 is 29.7 Å². The van der Waals surface area contributed by atoms with E-state index in [0.29, 0.717) is 17.0 Å². The van der Waals surface area contributed by atoms with E-state index in [-0.39, 0.29) is 35.1 Å². The first kappa shape index (κ1) is 24.6. The lowest BCUT2D eigenvalue weighted by atomic mass is 10.0. The Morgan fingerprint density at radius 3 is 2.22 bits per heavy atom. The van der Waals surface area contributed by atoms with Gasteiger partial charge in [-0.1, -0.05) is 13.8 Å². The molecule has 184 valence electrons. The van der Waals surface area contributed by atoms with E-state index in [1.54, 1.807) is 38.1 Å². The quantitative estimate of drug-likeness (QED) is 0.288. The number of ketones is 1. The van der Waals surface area contributed by atoms with E-state index in [1.807, 2.05) is 0 Å². The maximum atomic E-state index is 12.8. The SMILES string of the molecule is CC(C)C(=O)Nc1ccc(C(=O)C(C)OC(=O)c2ccc3c(c2)C(=O)N(Cc2ccco2)C3=O)cc1. The number of rotatable bonds is 8. The molecule has 3 amide bonds. The predicted molar refractivity (Wildman–Crippen MR) is 128 cm³/mol. The van der Waals surface area contributed by atoms with Gasteiger partial charge in [-0.2, -0.15) is 0 Å². The summed E-state index contributed by atoms with van der Waals surface area (Å²) < 4.78 is 10.5. The number of amides is 3. The smallest absolute Gasteiger partial charge is 0.338 e. The van der Waals surface area contributed by atoms with Crippen LogP contribution in [0.3, 0.4) is 0 Å². The number of nitrogens with one attached hydrogen (secondary N) is 1. The molecule has 1 aliphatic heterocycles. The Morgan fingerprint density at radius 1 is 0.917 bits per heavy atom. The van der Waals surface area contributed by atoms with Gasteiger partial charge in [0.25, 0.3) is 11.8 Å². The van der Waals surface area contributed by atoms with Gasteiger partial charge >= 0.3 is 5.97 Å². The van der Waals surface area contributed by atoms with Crippen molar-refractivity contribution in [2.24, 2.45) is 5.92 Å². The zero-order chi connectivity index (χ0) is 26.0. The first-order chi connectivity index (χ1) is 17.2. The van der Waals surface area contributed by atoms with Gasteiger partial charge in [0, 0.05) is 17.2 Å². The molecule has 1 N–H and O–H groups in total. The number of carbonyl (C=O) groups is 5. The van der Waals surface area contributed by atoms with Crippen LogP contribution in [0.5, 0.6) is 0 Å². The number of fused-ring (bicyclic) bond motifs is 1. The third-order valence-electron chi connectivity index (χ3n) is 5.71. The lowest BCUT2D eigenvalue weighted by Gasteiger charge is -2.13. The molecule has 0 saturated carbocycles. The number of benzene rings is 2. The van der Waals surface area contributed by atoms with Crippen LogP contribution in [0.25, 0.3) is 0 Å². The second-order valence-electron chi connectivity index (χ2n) is 8.67. The number of Topliss-reactive ketones (excluding diaryl/α,β-unsaturated/α-hetero) is 1. The van der Waals surface area contributed by atoms with Gasteiger partial charge in [-0.05, 0) is 61.5 Å². The zero-order valence-corrected chi connectivity index (χ0v) is 19.9. The standard InChI is InChI=1S/C27H24N2O7/c1-15(2)24(31)28-19-9-6-17(7-10-19)23(30)16(3)36-27(34)18-8-11-21-22(13-18)26(33)29(25(21)32)14-20-5-4-12-35-20/h4-13,15-16H,14H2,1-3H3,(H,28,31). The predicted octanol–water partition coefficient (Wildman–Crippen LogP) is 4.10. The second-order valence-corrected chi connectivity index (χ2v) is 8.67. The van der Waals surface area contributed by atoms with Gasteiger partial charge in [0.2, 0.25) is 11.7 Å². The van der Waals surface area contributed by atoms with E-state index in [0.717, 1.165) is 4.90 Å². The fraction of sp³-hybridized carbons (Fsp3) is 0.222.